The molecule has 1 aliphatic carbocycles. The van der Waals surface area contributed by atoms with E-state index in [-0.39, 0.29) is 0 Å². The van der Waals surface area contributed by atoms with Gasteiger partial charge in [-0.3, -0.25) is 0 Å². The van der Waals surface area contributed by atoms with Crippen LogP contribution in [-0.4, -0.2) is 6.61 Å². The van der Waals surface area contributed by atoms with Crippen molar-refractivity contribution in [3.8, 4) is 5.75 Å². The maximum absolute atomic E-state index is 5.87. The van der Waals surface area contributed by atoms with Crippen molar-refractivity contribution in [2.45, 2.75) is 111 Å². The molecule has 0 heterocycles. The molecule has 0 amide bonds. The van der Waals surface area contributed by atoms with Crippen molar-refractivity contribution in [3.63, 3.8) is 0 Å². The van der Waals surface area contributed by atoms with Crippen LogP contribution in [0, 0.1) is 19.8 Å². The van der Waals surface area contributed by atoms with Crippen molar-refractivity contribution < 1.29 is 4.74 Å². The van der Waals surface area contributed by atoms with Crippen LogP contribution < -0.4 is 4.74 Å². The van der Waals surface area contributed by atoms with E-state index in [1.165, 1.54) is 80.0 Å². The van der Waals surface area contributed by atoms with Gasteiger partial charge in [-0.1, -0.05) is 70.2 Å². The van der Waals surface area contributed by atoms with Crippen LogP contribution in [0.3, 0.4) is 0 Å². The van der Waals surface area contributed by atoms with Crippen LogP contribution in [0.1, 0.15) is 112 Å². The van der Waals surface area contributed by atoms with E-state index >= 15 is 0 Å². The maximum Gasteiger partial charge on any atom is 0.119 e. The Morgan fingerprint density at radius 1 is 0.750 bits per heavy atom. The highest BCUT2D eigenvalue weighted by Crippen LogP contribution is 2.38. The summed E-state index contributed by atoms with van der Waals surface area (Å²) in [6.07, 6.45) is 15.8. The summed E-state index contributed by atoms with van der Waals surface area (Å²) < 4.78 is 5.87. The summed E-state index contributed by atoms with van der Waals surface area (Å²) in [6.45, 7) is 9.86. The molecule has 1 nitrogen and oxygen atoms in total. The second-order valence-electron chi connectivity index (χ2n) is 10.2. The Morgan fingerprint density at radius 2 is 1.41 bits per heavy atom. The number of ether oxygens (including phenoxy) is 1. The average Bonchev–Trinajstić information content (AvgIpc) is 2.80. The van der Waals surface area contributed by atoms with Crippen molar-refractivity contribution in [1.82, 2.24) is 0 Å². The zero-order valence-electron chi connectivity index (χ0n) is 21.2. The van der Waals surface area contributed by atoms with Gasteiger partial charge in [-0.15, -0.1) is 0 Å². The molecule has 0 saturated heterocycles. The van der Waals surface area contributed by atoms with Gasteiger partial charge >= 0.3 is 0 Å². The molecule has 0 atom stereocenters. The fourth-order valence-corrected chi connectivity index (χ4v) is 5.36. The molecule has 0 bridgehead atoms. The lowest BCUT2D eigenvalue weighted by Crippen LogP contribution is -2.13. The van der Waals surface area contributed by atoms with Gasteiger partial charge < -0.3 is 4.74 Å². The SMILES string of the molecule is CCCCCC1CCC(c2ccc(CCc3ccc(OCCCC)cc3C)c(C)c2)CC1. The number of hydrogen-bond donors (Lipinski definition) is 0. The van der Waals surface area contributed by atoms with Gasteiger partial charge in [0.2, 0.25) is 0 Å². The number of hydrogen-bond acceptors (Lipinski definition) is 1. The highest BCUT2D eigenvalue weighted by Gasteiger charge is 2.22. The minimum atomic E-state index is 0.785. The Hall–Kier alpha value is -1.76. The van der Waals surface area contributed by atoms with E-state index in [1.807, 2.05) is 0 Å². The summed E-state index contributed by atoms with van der Waals surface area (Å²) in [4.78, 5) is 0. The molecule has 2 aromatic rings. The monoisotopic (exact) mass is 434 g/mol. The van der Waals surface area contributed by atoms with Gasteiger partial charge in [-0.2, -0.15) is 0 Å². The van der Waals surface area contributed by atoms with E-state index < -0.39 is 0 Å². The molecule has 0 spiro atoms. The fourth-order valence-electron chi connectivity index (χ4n) is 5.36. The highest BCUT2D eigenvalue weighted by atomic mass is 16.5. The van der Waals surface area contributed by atoms with E-state index in [0.717, 1.165) is 43.5 Å². The van der Waals surface area contributed by atoms with Gasteiger partial charge in [-0.05, 0) is 111 Å². The lowest BCUT2D eigenvalue weighted by molar-refractivity contribution is 0.302. The third-order valence-electron chi connectivity index (χ3n) is 7.65. The number of aryl methyl sites for hydroxylation is 4. The van der Waals surface area contributed by atoms with Crippen LogP contribution in [0.25, 0.3) is 0 Å². The predicted molar refractivity (Wildman–Crippen MR) is 139 cm³/mol. The summed E-state index contributed by atoms with van der Waals surface area (Å²) in [5.74, 6) is 2.79. The molecule has 0 radical (unpaired) electrons. The van der Waals surface area contributed by atoms with Gasteiger partial charge in [0.05, 0.1) is 6.61 Å². The smallest absolute Gasteiger partial charge is 0.119 e. The van der Waals surface area contributed by atoms with Crippen LogP contribution in [0.5, 0.6) is 5.75 Å². The molecule has 0 N–H and O–H groups in total. The number of benzene rings is 2. The molecule has 0 aromatic heterocycles. The zero-order chi connectivity index (χ0) is 22.8. The molecule has 1 saturated carbocycles. The first-order valence-corrected chi connectivity index (χ1v) is 13.4. The standard InChI is InChI=1S/C31H46O/c1-5-7-9-10-26-11-13-29(14-12-26)30-18-17-27(24(3)22-30)15-16-28-19-20-31(23-25(28)4)32-21-8-6-2/h17-20,22-23,26,29H,5-16,21H2,1-4H3. The topological polar surface area (TPSA) is 9.23 Å². The summed E-state index contributed by atoms with van der Waals surface area (Å²) in [6, 6.07) is 14.0. The van der Waals surface area contributed by atoms with Crippen LogP contribution in [0.2, 0.25) is 0 Å². The van der Waals surface area contributed by atoms with Gasteiger partial charge in [-0.25, -0.2) is 0 Å². The molecule has 1 heteroatoms. The summed E-state index contributed by atoms with van der Waals surface area (Å²) >= 11 is 0. The summed E-state index contributed by atoms with van der Waals surface area (Å²) in [5.41, 5.74) is 7.36. The zero-order valence-corrected chi connectivity index (χ0v) is 21.2. The van der Waals surface area contributed by atoms with E-state index in [9.17, 15) is 0 Å². The largest absolute Gasteiger partial charge is 0.494 e. The molecule has 176 valence electrons. The molecular formula is C31H46O. The predicted octanol–water partition coefficient (Wildman–Crippen LogP) is 9.12. The Labute approximate surface area is 198 Å². The average molecular weight is 435 g/mol. The Kier molecular flexibility index (Phi) is 10.2. The number of unbranched alkanes of at least 4 members (excludes halogenated alkanes) is 3. The maximum atomic E-state index is 5.87. The van der Waals surface area contributed by atoms with Crippen LogP contribution >= 0.6 is 0 Å². The highest BCUT2D eigenvalue weighted by molar-refractivity contribution is 5.37. The van der Waals surface area contributed by atoms with E-state index in [1.54, 1.807) is 5.56 Å². The van der Waals surface area contributed by atoms with Crippen molar-refractivity contribution in [2.75, 3.05) is 6.61 Å². The quantitative estimate of drug-likeness (QED) is 0.303. The number of rotatable bonds is 12. The van der Waals surface area contributed by atoms with Gasteiger partial charge in [0.15, 0.2) is 0 Å². The second kappa shape index (κ2) is 13.1. The molecule has 32 heavy (non-hydrogen) atoms. The fraction of sp³-hybridized carbons (Fsp3) is 0.613. The third-order valence-corrected chi connectivity index (χ3v) is 7.65. The third kappa shape index (κ3) is 7.39. The lowest BCUT2D eigenvalue weighted by Gasteiger charge is -2.29. The first kappa shape index (κ1) is 24.9. The Balaban J connectivity index is 1.50. The molecule has 3 rings (SSSR count). The van der Waals surface area contributed by atoms with E-state index in [2.05, 4.69) is 64.1 Å². The molecular weight excluding hydrogens is 388 g/mol. The van der Waals surface area contributed by atoms with Gasteiger partial charge in [0.1, 0.15) is 5.75 Å². The van der Waals surface area contributed by atoms with Crippen LogP contribution in [-0.2, 0) is 12.8 Å². The second-order valence-corrected chi connectivity index (χ2v) is 10.2. The summed E-state index contributed by atoms with van der Waals surface area (Å²) in [5, 5.41) is 0. The molecule has 0 unspecified atom stereocenters. The normalized spacial score (nSPS) is 18.6. The van der Waals surface area contributed by atoms with Gasteiger partial charge in [0, 0.05) is 0 Å². The minimum Gasteiger partial charge on any atom is -0.494 e. The molecule has 2 aromatic carbocycles. The van der Waals surface area contributed by atoms with Crippen molar-refractivity contribution in [1.29, 1.82) is 0 Å². The van der Waals surface area contributed by atoms with Crippen LogP contribution in [0.4, 0.5) is 0 Å². The Bertz CT molecular complexity index is 813. The van der Waals surface area contributed by atoms with Crippen LogP contribution in [0.15, 0.2) is 36.4 Å². The first-order valence-electron chi connectivity index (χ1n) is 13.4. The van der Waals surface area contributed by atoms with Crippen molar-refractivity contribution in [3.05, 3.63) is 64.2 Å². The molecule has 1 aliphatic rings. The molecule has 1 fully saturated rings. The van der Waals surface area contributed by atoms with Gasteiger partial charge in [0.25, 0.3) is 0 Å². The van der Waals surface area contributed by atoms with E-state index in [0.29, 0.717) is 0 Å². The van der Waals surface area contributed by atoms with Crippen molar-refractivity contribution in [2.24, 2.45) is 5.92 Å². The summed E-state index contributed by atoms with van der Waals surface area (Å²) in [7, 11) is 0. The van der Waals surface area contributed by atoms with Crippen molar-refractivity contribution >= 4 is 0 Å². The van der Waals surface area contributed by atoms with E-state index in [4.69, 9.17) is 4.74 Å². The minimum absolute atomic E-state index is 0.785. The lowest BCUT2D eigenvalue weighted by atomic mass is 9.76. The first-order chi connectivity index (χ1) is 15.6. The molecule has 0 aliphatic heterocycles. The Morgan fingerprint density at radius 3 is 2.03 bits per heavy atom.